The van der Waals surface area contributed by atoms with Gasteiger partial charge in [0.2, 0.25) is 0 Å². The average Bonchev–Trinajstić information content (AvgIpc) is 3.48. The number of benzene rings is 1. The highest BCUT2D eigenvalue weighted by molar-refractivity contribution is 7.92. The van der Waals surface area contributed by atoms with Crippen LogP contribution in [-0.4, -0.2) is 41.4 Å². The van der Waals surface area contributed by atoms with Crippen molar-refractivity contribution in [1.82, 2.24) is 9.97 Å². The minimum Gasteiger partial charge on any atom is -0.392 e. The van der Waals surface area contributed by atoms with E-state index in [1.807, 2.05) is 0 Å². The second kappa shape index (κ2) is 8.39. The van der Waals surface area contributed by atoms with Gasteiger partial charge in [0.15, 0.2) is 21.4 Å². The van der Waals surface area contributed by atoms with Gasteiger partial charge in [-0.05, 0) is 50.7 Å². The van der Waals surface area contributed by atoms with Crippen molar-refractivity contribution in [2.24, 2.45) is 5.16 Å². The summed E-state index contributed by atoms with van der Waals surface area (Å²) in [6.45, 7) is 0. The number of nitrogens with one attached hydrogen (secondary N) is 1. The molecular formula is C20H23N5O4S. The number of anilines is 2. The number of nitrogens with zero attached hydrogens (tertiary/aromatic N) is 3. The zero-order valence-electron chi connectivity index (χ0n) is 16.3. The van der Waals surface area contributed by atoms with E-state index in [4.69, 9.17) is 10.6 Å². The maximum absolute atomic E-state index is 12.9. The molecule has 2 aliphatic rings. The van der Waals surface area contributed by atoms with Gasteiger partial charge in [0.1, 0.15) is 11.9 Å². The van der Waals surface area contributed by atoms with Crippen LogP contribution in [0.4, 0.5) is 11.6 Å². The second-order valence-electron chi connectivity index (χ2n) is 7.50. The van der Waals surface area contributed by atoms with Crippen LogP contribution in [0.25, 0.3) is 0 Å². The number of carbonyl (C=O) groups excluding carboxylic acids is 1. The van der Waals surface area contributed by atoms with Gasteiger partial charge < -0.3 is 15.9 Å². The zero-order valence-corrected chi connectivity index (χ0v) is 17.1. The van der Waals surface area contributed by atoms with Gasteiger partial charge in [0.05, 0.1) is 22.5 Å². The fraction of sp³-hybridized carbons (Fsp3) is 0.400. The standard InChI is InChI=1S/C20H23N5O4S/c21-17-11-23-18(12-22-17)24-20(26)19(25-29-14-3-1-2-4-14)13-5-7-15(8-6-13)30(27,28)16-9-10-16/h5-8,11-12,14,16H,1-4,9-10H2,(H2,21,22)(H,23,24,26)/b25-19+. The van der Waals surface area contributed by atoms with E-state index in [1.165, 1.54) is 24.5 Å². The number of hydrogen-bond donors (Lipinski definition) is 2. The summed E-state index contributed by atoms with van der Waals surface area (Å²) in [6.07, 6.45) is 7.94. The highest BCUT2D eigenvalue weighted by Crippen LogP contribution is 2.33. The molecule has 0 bridgehead atoms. The molecule has 10 heteroatoms. The molecule has 158 valence electrons. The molecule has 3 N–H and O–H groups in total. The number of amides is 1. The van der Waals surface area contributed by atoms with Crippen molar-refractivity contribution in [3.63, 3.8) is 0 Å². The molecule has 2 fully saturated rings. The fourth-order valence-electron chi connectivity index (χ4n) is 3.30. The maximum atomic E-state index is 12.9. The van der Waals surface area contributed by atoms with Crippen LogP contribution in [0, 0.1) is 0 Å². The Morgan fingerprint density at radius 3 is 2.37 bits per heavy atom. The van der Waals surface area contributed by atoms with Gasteiger partial charge in [-0.2, -0.15) is 0 Å². The van der Waals surface area contributed by atoms with Gasteiger partial charge >= 0.3 is 0 Å². The molecule has 2 saturated carbocycles. The molecule has 2 aliphatic carbocycles. The monoisotopic (exact) mass is 429 g/mol. The third kappa shape index (κ3) is 4.59. The van der Waals surface area contributed by atoms with E-state index in [0.29, 0.717) is 18.4 Å². The van der Waals surface area contributed by atoms with Crippen LogP contribution in [0.1, 0.15) is 44.1 Å². The number of aromatic nitrogens is 2. The summed E-state index contributed by atoms with van der Waals surface area (Å²) in [4.78, 5) is 26.6. The smallest absolute Gasteiger partial charge is 0.279 e. The van der Waals surface area contributed by atoms with Crippen LogP contribution in [0.3, 0.4) is 0 Å². The van der Waals surface area contributed by atoms with Crippen LogP contribution in [0.5, 0.6) is 0 Å². The quantitative estimate of drug-likeness (QED) is 0.509. The summed E-state index contributed by atoms with van der Waals surface area (Å²) >= 11 is 0. The van der Waals surface area contributed by atoms with Gasteiger partial charge in [-0.3, -0.25) is 4.79 Å². The molecule has 0 saturated heterocycles. The summed E-state index contributed by atoms with van der Waals surface area (Å²) in [5.41, 5.74) is 6.01. The Morgan fingerprint density at radius 1 is 1.07 bits per heavy atom. The van der Waals surface area contributed by atoms with Crippen LogP contribution in [0.2, 0.25) is 0 Å². The molecule has 9 nitrogen and oxygen atoms in total. The van der Waals surface area contributed by atoms with Crippen molar-refractivity contribution in [3.05, 3.63) is 42.2 Å². The Hall–Kier alpha value is -3.01. The highest BCUT2D eigenvalue weighted by Gasteiger charge is 2.36. The van der Waals surface area contributed by atoms with Gasteiger partial charge in [0.25, 0.3) is 5.91 Å². The molecule has 30 heavy (non-hydrogen) atoms. The third-order valence-electron chi connectivity index (χ3n) is 5.14. The van der Waals surface area contributed by atoms with E-state index in [1.54, 1.807) is 12.1 Å². The number of nitrogen functional groups attached to an aromatic ring is 1. The number of carbonyl (C=O) groups is 1. The molecule has 0 aliphatic heterocycles. The Kier molecular flexibility index (Phi) is 5.67. The van der Waals surface area contributed by atoms with E-state index in [2.05, 4.69) is 20.4 Å². The van der Waals surface area contributed by atoms with E-state index >= 15 is 0 Å². The summed E-state index contributed by atoms with van der Waals surface area (Å²) < 4.78 is 24.8. The van der Waals surface area contributed by atoms with Crippen LogP contribution in [0.15, 0.2) is 46.7 Å². The second-order valence-corrected chi connectivity index (χ2v) is 9.73. The van der Waals surface area contributed by atoms with Crippen molar-refractivity contribution < 1.29 is 18.0 Å². The molecule has 1 heterocycles. The first kappa shape index (κ1) is 20.3. The number of hydrogen-bond acceptors (Lipinski definition) is 8. The molecule has 0 radical (unpaired) electrons. The molecule has 0 atom stereocenters. The molecule has 4 rings (SSSR count). The van der Waals surface area contributed by atoms with Crippen LogP contribution >= 0.6 is 0 Å². The van der Waals surface area contributed by atoms with Crippen molar-refractivity contribution in [2.45, 2.75) is 54.8 Å². The Morgan fingerprint density at radius 2 is 1.77 bits per heavy atom. The van der Waals surface area contributed by atoms with E-state index in [0.717, 1.165) is 25.7 Å². The first-order valence-corrected chi connectivity index (χ1v) is 11.4. The lowest BCUT2D eigenvalue weighted by molar-refractivity contribution is -0.110. The summed E-state index contributed by atoms with van der Waals surface area (Å²) in [5.74, 6) is -0.0838. The summed E-state index contributed by atoms with van der Waals surface area (Å²) in [5, 5.41) is 6.43. The van der Waals surface area contributed by atoms with Crippen molar-refractivity contribution in [3.8, 4) is 0 Å². The number of oxime groups is 1. The predicted octanol–water partition coefficient (Wildman–Crippen LogP) is 2.30. The zero-order chi connectivity index (χ0) is 21.1. The molecule has 1 aromatic heterocycles. The van der Waals surface area contributed by atoms with Gasteiger partial charge in [-0.15, -0.1) is 0 Å². The summed E-state index contributed by atoms with van der Waals surface area (Å²) in [7, 11) is -3.31. The minimum atomic E-state index is -3.31. The third-order valence-corrected chi connectivity index (χ3v) is 7.42. The Bertz CT molecular complexity index is 1040. The summed E-state index contributed by atoms with van der Waals surface area (Å²) in [6, 6.07) is 6.15. The number of rotatable bonds is 7. The first-order chi connectivity index (χ1) is 14.4. The predicted molar refractivity (Wildman–Crippen MR) is 112 cm³/mol. The van der Waals surface area contributed by atoms with Crippen molar-refractivity contribution in [2.75, 3.05) is 11.1 Å². The molecule has 0 spiro atoms. The maximum Gasteiger partial charge on any atom is 0.279 e. The number of sulfone groups is 1. The normalized spacial score (nSPS) is 17.7. The SMILES string of the molecule is Nc1cnc(NC(=O)/C(=N/OC2CCCC2)c2ccc(S(=O)(=O)C3CC3)cc2)cn1. The Labute approximate surface area is 174 Å². The minimum absolute atomic E-state index is 0.0290. The topological polar surface area (TPSA) is 137 Å². The Balaban J connectivity index is 1.58. The lowest BCUT2D eigenvalue weighted by atomic mass is 10.1. The molecule has 1 aromatic carbocycles. The van der Waals surface area contributed by atoms with E-state index in [9.17, 15) is 13.2 Å². The lowest BCUT2D eigenvalue weighted by Crippen LogP contribution is -2.25. The van der Waals surface area contributed by atoms with Gasteiger partial charge in [-0.1, -0.05) is 17.3 Å². The highest BCUT2D eigenvalue weighted by atomic mass is 32.2. The fourth-order valence-corrected chi connectivity index (χ4v) is 4.95. The van der Waals surface area contributed by atoms with E-state index in [-0.39, 0.29) is 33.6 Å². The van der Waals surface area contributed by atoms with Crippen LogP contribution < -0.4 is 11.1 Å². The first-order valence-electron chi connectivity index (χ1n) is 9.90. The molecule has 0 unspecified atom stereocenters. The van der Waals surface area contributed by atoms with Crippen molar-refractivity contribution >= 4 is 33.1 Å². The van der Waals surface area contributed by atoms with E-state index < -0.39 is 15.7 Å². The molecular weight excluding hydrogens is 406 g/mol. The number of nitrogens with two attached hydrogens (primary N) is 1. The van der Waals surface area contributed by atoms with Gasteiger partial charge in [-0.25, -0.2) is 18.4 Å². The van der Waals surface area contributed by atoms with Gasteiger partial charge in [0, 0.05) is 5.56 Å². The lowest BCUT2D eigenvalue weighted by Gasteiger charge is -2.11. The largest absolute Gasteiger partial charge is 0.392 e. The molecule has 2 aromatic rings. The molecule has 1 amide bonds. The van der Waals surface area contributed by atoms with Crippen LogP contribution in [-0.2, 0) is 19.5 Å². The van der Waals surface area contributed by atoms with Crippen molar-refractivity contribution in [1.29, 1.82) is 0 Å². The average molecular weight is 430 g/mol.